The van der Waals surface area contributed by atoms with Crippen LogP contribution in [0.15, 0.2) is 42.5 Å². The first-order valence-electron chi connectivity index (χ1n) is 6.01. The highest BCUT2D eigenvalue weighted by Crippen LogP contribution is 2.22. The van der Waals surface area contributed by atoms with Crippen LogP contribution in [0, 0.1) is 5.92 Å². The van der Waals surface area contributed by atoms with Crippen LogP contribution in [0.5, 0.6) is 0 Å². The molecule has 19 heavy (non-hydrogen) atoms. The number of benzene rings is 1. The number of carbonyl (C=O) groups is 2. The van der Waals surface area contributed by atoms with Crippen LogP contribution in [-0.4, -0.2) is 25.3 Å². The highest BCUT2D eigenvalue weighted by Gasteiger charge is 2.28. The maximum Gasteiger partial charge on any atom is 0.411 e. The van der Waals surface area contributed by atoms with Gasteiger partial charge in [-0.1, -0.05) is 24.8 Å². The van der Waals surface area contributed by atoms with Gasteiger partial charge in [0.15, 0.2) is 0 Å². The monoisotopic (exact) mass is 261 g/mol. The van der Waals surface area contributed by atoms with Crippen LogP contribution in [0.1, 0.15) is 6.42 Å². The average molecular weight is 261 g/mol. The lowest BCUT2D eigenvalue weighted by molar-refractivity contribution is -0.135. The summed E-state index contributed by atoms with van der Waals surface area (Å²) in [6.07, 6.45) is 0.0225. The van der Waals surface area contributed by atoms with Crippen molar-refractivity contribution in [2.45, 2.75) is 6.42 Å². The lowest BCUT2D eigenvalue weighted by Crippen LogP contribution is -2.16. The van der Waals surface area contributed by atoms with Gasteiger partial charge < -0.3 is 9.47 Å². The SMILES string of the molecule is C=C1C(=O)OC[C@@H]1CCOC(=O)Nc1ccccc1. The molecule has 1 aromatic carbocycles. The first kappa shape index (κ1) is 13.1. The molecule has 0 radical (unpaired) electrons. The van der Waals surface area contributed by atoms with Gasteiger partial charge in [0.1, 0.15) is 0 Å². The molecule has 1 aliphatic rings. The van der Waals surface area contributed by atoms with Gasteiger partial charge >= 0.3 is 12.1 Å². The second-order valence-electron chi connectivity index (χ2n) is 4.24. The molecule has 1 atom stereocenters. The number of rotatable bonds is 4. The summed E-state index contributed by atoms with van der Waals surface area (Å²) in [4.78, 5) is 22.6. The molecule has 0 saturated carbocycles. The van der Waals surface area contributed by atoms with Crippen molar-refractivity contribution in [3.8, 4) is 0 Å². The van der Waals surface area contributed by atoms with E-state index in [-0.39, 0.29) is 18.5 Å². The summed E-state index contributed by atoms with van der Waals surface area (Å²) >= 11 is 0. The molecular formula is C14H15NO4. The predicted octanol–water partition coefficient (Wildman–Crippen LogP) is 2.35. The molecule has 1 aromatic rings. The maximum atomic E-state index is 11.5. The number of esters is 1. The van der Waals surface area contributed by atoms with Crippen molar-refractivity contribution in [2.75, 3.05) is 18.5 Å². The van der Waals surface area contributed by atoms with E-state index < -0.39 is 6.09 Å². The number of hydrogen-bond acceptors (Lipinski definition) is 4. The Morgan fingerprint density at radius 3 is 2.79 bits per heavy atom. The molecule has 0 unspecified atom stereocenters. The average Bonchev–Trinajstić information content (AvgIpc) is 2.72. The summed E-state index contributed by atoms with van der Waals surface area (Å²) in [6, 6.07) is 9.04. The number of hydrogen-bond donors (Lipinski definition) is 1. The van der Waals surface area contributed by atoms with Crippen molar-refractivity contribution < 1.29 is 19.1 Å². The number of cyclic esters (lactones) is 1. The van der Waals surface area contributed by atoms with Crippen molar-refractivity contribution in [2.24, 2.45) is 5.92 Å². The van der Waals surface area contributed by atoms with Crippen molar-refractivity contribution >= 4 is 17.7 Å². The minimum absolute atomic E-state index is 0.0583. The minimum atomic E-state index is -0.512. The number of para-hydroxylation sites is 1. The zero-order chi connectivity index (χ0) is 13.7. The van der Waals surface area contributed by atoms with Gasteiger partial charge in [-0.05, 0) is 18.6 Å². The second-order valence-corrected chi connectivity index (χ2v) is 4.24. The van der Waals surface area contributed by atoms with Gasteiger partial charge in [0.2, 0.25) is 0 Å². The van der Waals surface area contributed by atoms with E-state index >= 15 is 0 Å². The quantitative estimate of drug-likeness (QED) is 0.667. The van der Waals surface area contributed by atoms with Crippen LogP contribution < -0.4 is 5.32 Å². The lowest BCUT2D eigenvalue weighted by Gasteiger charge is -2.09. The Hall–Kier alpha value is -2.30. The van der Waals surface area contributed by atoms with Gasteiger partial charge in [0.05, 0.1) is 13.2 Å². The van der Waals surface area contributed by atoms with E-state index in [1.54, 1.807) is 12.1 Å². The standard InChI is InChI=1S/C14H15NO4/c1-10-11(9-19-13(10)16)7-8-18-14(17)15-12-5-3-2-4-6-12/h2-6,11H,1,7-9H2,(H,15,17)/t11-/m0/s1. The van der Waals surface area contributed by atoms with Crippen LogP contribution in [0.25, 0.3) is 0 Å². The normalized spacial score (nSPS) is 18.0. The molecule has 1 aliphatic heterocycles. The molecule has 0 bridgehead atoms. The third kappa shape index (κ3) is 3.58. The molecule has 2 rings (SSSR count). The highest BCUT2D eigenvalue weighted by molar-refractivity contribution is 5.90. The fraction of sp³-hybridized carbons (Fsp3) is 0.286. The van der Waals surface area contributed by atoms with Gasteiger partial charge in [-0.2, -0.15) is 0 Å². The third-order valence-electron chi connectivity index (χ3n) is 2.89. The summed E-state index contributed by atoms with van der Waals surface area (Å²) < 4.78 is 9.87. The molecule has 1 amide bonds. The fourth-order valence-electron chi connectivity index (χ4n) is 1.76. The molecule has 0 aliphatic carbocycles. The molecule has 1 saturated heterocycles. The predicted molar refractivity (Wildman–Crippen MR) is 69.6 cm³/mol. The molecule has 5 heteroatoms. The summed E-state index contributed by atoms with van der Waals surface area (Å²) in [5, 5.41) is 2.61. The Labute approximate surface area is 111 Å². The first-order valence-corrected chi connectivity index (χ1v) is 6.01. The van der Waals surface area contributed by atoms with E-state index in [1.165, 1.54) is 0 Å². The Kier molecular flexibility index (Phi) is 4.18. The Morgan fingerprint density at radius 2 is 2.16 bits per heavy atom. The van der Waals surface area contributed by atoms with Gasteiger partial charge in [-0.3, -0.25) is 5.32 Å². The van der Waals surface area contributed by atoms with Crippen molar-refractivity contribution in [1.29, 1.82) is 0 Å². The third-order valence-corrected chi connectivity index (χ3v) is 2.89. The van der Waals surface area contributed by atoms with Crippen LogP contribution >= 0.6 is 0 Å². The fourth-order valence-corrected chi connectivity index (χ4v) is 1.76. The summed E-state index contributed by atoms with van der Waals surface area (Å²) in [5.41, 5.74) is 1.13. The van der Waals surface area contributed by atoms with Crippen molar-refractivity contribution in [3.05, 3.63) is 42.5 Å². The molecule has 1 heterocycles. The summed E-state index contributed by atoms with van der Waals surface area (Å²) in [7, 11) is 0. The maximum absolute atomic E-state index is 11.5. The van der Waals surface area contributed by atoms with Crippen LogP contribution in [-0.2, 0) is 14.3 Å². The molecule has 0 aromatic heterocycles. The van der Waals surface area contributed by atoms with Crippen LogP contribution in [0.4, 0.5) is 10.5 Å². The van der Waals surface area contributed by atoms with E-state index in [4.69, 9.17) is 9.47 Å². The topological polar surface area (TPSA) is 64.6 Å². The Morgan fingerprint density at radius 1 is 1.42 bits per heavy atom. The van der Waals surface area contributed by atoms with Gasteiger partial charge in [0.25, 0.3) is 0 Å². The van der Waals surface area contributed by atoms with Crippen molar-refractivity contribution in [1.82, 2.24) is 0 Å². The molecule has 100 valence electrons. The van der Waals surface area contributed by atoms with E-state index in [1.807, 2.05) is 18.2 Å². The number of ether oxygens (including phenoxy) is 2. The van der Waals surface area contributed by atoms with E-state index in [0.29, 0.717) is 24.3 Å². The molecule has 1 N–H and O–H groups in total. The first-order chi connectivity index (χ1) is 9.16. The van der Waals surface area contributed by atoms with Gasteiger partial charge in [0, 0.05) is 17.2 Å². The van der Waals surface area contributed by atoms with E-state index in [2.05, 4.69) is 11.9 Å². The molecule has 1 fully saturated rings. The largest absolute Gasteiger partial charge is 0.462 e. The summed E-state index contributed by atoms with van der Waals surface area (Å²) in [5.74, 6) is -0.421. The smallest absolute Gasteiger partial charge is 0.411 e. The summed E-state index contributed by atoms with van der Waals surface area (Å²) in [6.45, 7) is 4.19. The number of nitrogens with one attached hydrogen (secondary N) is 1. The Balaban J connectivity index is 1.70. The van der Waals surface area contributed by atoms with Gasteiger partial charge in [-0.25, -0.2) is 9.59 Å². The minimum Gasteiger partial charge on any atom is -0.462 e. The van der Waals surface area contributed by atoms with Crippen LogP contribution in [0.3, 0.4) is 0 Å². The van der Waals surface area contributed by atoms with Gasteiger partial charge in [-0.15, -0.1) is 0 Å². The number of carbonyl (C=O) groups excluding carboxylic acids is 2. The molecule has 5 nitrogen and oxygen atoms in total. The lowest BCUT2D eigenvalue weighted by atomic mass is 10.0. The van der Waals surface area contributed by atoms with E-state index in [9.17, 15) is 9.59 Å². The zero-order valence-corrected chi connectivity index (χ0v) is 10.4. The number of anilines is 1. The number of amides is 1. The van der Waals surface area contributed by atoms with E-state index in [0.717, 1.165) is 0 Å². The molecular weight excluding hydrogens is 246 g/mol. The molecule has 0 spiro atoms. The second kappa shape index (κ2) is 6.04. The Bertz CT molecular complexity index is 483. The van der Waals surface area contributed by atoms with Crippen LogP contribution in [0.2, 0.25) is 0 Å². The van der Waals surface area contributed by atoms with Crippen molar-refractivity contribution in [3.63, 3.8) is 0 Å². The zero-order valence-electron chi connectivity index (χ0n) is 10.4. The highest BCUT2D eigenvalue weighted by atomic mass is 16.6.